The number of nitrogens with zero attached hydrogens (tertiary/aromatic N) is 1. The summed E-state index contributed by atoms with van der Waals surface area (Å²) in [5.41, 5.74) is 9.78. The van der Waals surface area contributed by atoms with E-state index >= 15 is 0 Å². The molecule has 0 radical (unpaired) electrons. The van der Waals surface area contributed by atoms with Crippen LogP contribution in [-0.4, -0.2) is 25.1 Å². The smallest absolute Gasteiger partial charge is 0.123 e. The number of quaternary nitrogens is 1. The molecule has 14 heavy (non-hydrogen) atoms. The second-order valence-corrected chi connectivity index (χ2v) is 4.38. The summed E-state index contributed by atoms with van der Waals surface area (Å²) >= 11 is 0. The van der Waals surface area contributed by atoms with Crippen LogP contribution in [0.5, 0.6) is 0 Å². The van der Waals surface area contributed by atoms with Gasteiger partial charge in [0.05, 0.1) is 20.6 Å². The van der Waals surface area contributed by atoms with Crippen LogP contribution in [0, 0.1) is 0 Å². The van der Waals surface area contributed by atoms with Gasteiger partial charge in [0.1, 0.15) is 12.2 Å². The average molecular weight is 189 g/mol. The molecule has 0 atom stereocenters. The maximum Gasteiger partial charge on any atom is 0.123 e. The molecule has 0 saturated heterocycles. The maximum atomic E-state index is 5.75. The highest BCUT2D eigenvalue weighted by atomic mass is 15.3. The van der Waals surface area contributed by atoms with E-state index < -0.39 is 0 Å². The van der Waals surface area contributed by atoms with Gasteiger partial charge < -0.3 is 5.73 Å². The quantitative estimate of drug-likeness (QED) is 0.667. The molecule has 0 fully saturated rings. The summed E-state index contributed by atoms with van der Waals surface area (Å²) in [6, 6.07) is 8.53. The highest BCUT2D eigenvalue weighted by molar-refractivity contribution is 5.57. The summed E-state index contributed by atoms with van der Waals surface area (Å²) in [4.78, 5) is 0. The monoisotopic (exact) mass is 189 g/mol. The van der Waals surface area contributed by atoms with Crippen LogP contribution in [0.4, 0.5) is 0 Å². The predicted octanol–water partition coefficient (Wildman–Crippen LogP) is 1.58. The van der Waals surface area contributed by atoms with E-state index in [-0.39, 0.29) is 0 Å². The zero-order valence-corrected chi connectivity index (χ0v) is 8.83. The van der Waals surface area contributed by atoms with Crippen molar-refractivity contribution in [1.82, 2.24) is 0 Å². The Bertz CT molecular complexity index is 378. The van der Waals surface area contributed by atoms with Crippen LogP contribution in [0.25, 0.3) is 6.08 Å². The fourth-order valence-corrected chi connectivity index (χ4v) is 2.01. The maximum absolute atomic E-state index is 5.75. The van der Waals surface area contributed by atoms with E-state index in [0.717, 1.165) is 11.0 Å². The SMILES string of the molecule is C[N+]1(C)Cc2ccccc2C=C1CN. The molecule has 2 heteroatoms. The van der Waals surface area contributed by atoms with Crippen molar-refractivity contribution >= 4 is 6.08 Å². The minimum atomic E-state index is 0.640. The Morgan fingerprint density at radius 1 is 1.29 bits per heavy atom. The lowest BCUT2D eigenvalue weighted by atomic mass is 10.0. The number of likely N-dealkylation sites (N-methyl/N-ethyl adjacent to an activating group) is 1. The summed E-state index contributed by atoms with van der Waals surface area (Å²) < 4.78 is 0.882. The largest absolute Gasteiger partial charge is 0.322 e. The highest BCUT2D eigenvalue weighted by Gasteiger charge is 2.26. The van der Waals surface area contributed by atoms with Gasteiger partial charge in [0.15, 0.2) is 0 Å². The van der Waals surface area contributed by atoms with E-state index in [0.29, 0.717) is 6.54 Å². The van der Waals surface area contributed by atoms with Gasteiger partial charge in [0.25, 0.3) is 0 Å². The lowest BCUT2D eigenvalue weighted by Gasteiger charge is -2.34. The Morgan fingerprint density at radius 3 is 2.71 bits per heavy atom. The number of benzene rings is 1. The first-order chi connectivity index (χ1) is 6.63. The van der Waals surface area contributed by atoms with Crippen molar-refractivity contribution in [2.75, 3.05) is 20.6 Å². The molecule has 2 rings (SSSR count). The van der Waals surface area contributed by atoms with Crippen molar-refractivity contribution in [2.45, 2.75) is 6.54 Å². The summed E-state index contributed by atoms with van der Waals surface area (Å²) in [5.74, 6) is 0. The Hall–Kier alpha value is -1.12. The third kappa shape index (κ3) is 1.47. The lowest BCUT2D eigenvalue weighted by molar-refractivity contribution is -0.866. The number of fused-ring (bicyclic) bond motifs is 1. The lowest BCUT2D eigenvalue weighted by Crippen LogP contribution is -2.42. The van der Waals surface area contributed by atoms with E-state index in [1.807, 2.05) is 0 Å². The van der Waals surface area contributed by atoms with Crippen molar-refractivity contribution in [3.63, 3.8) is 0 Å². The van der Waals surface area contributed by atoms with Crippen LogP contribution >= 0.6 is 0 Å². The van der Waals surface area contributed by atoms with Crippen LogP contribution in [-0.2, 0) is 6.54 Å². The molecule has 0 aromatic heterocycles. The number of hydrogen-bond donors (Lipinski definition) is 1. The summed E-state index contributed by atoms with van der Waals surface area (Å²) in [5, 5.41) is 0. The minimum Gasteiger partial charge on any atom is -0.322 e. The van der Waals surface area contributed by atoms with E-state index in [2.05, 4.69) is 44.4 Å². The molecule has 0 aliphatic carbocycles. The molecular weight excluding hydrogens is 172 g/mol. The van der Waals surface area contributed by atoms with Gasteiger partial charge in [0.2, 0.25) is 0 Å². The van der Waals surface area contributed by atoms with Gasteiger partial charge >= 0.3 is 0 Å². The van der Waals surface area contributed by atoms with Crippen molar-refractivity contribution in [1.29, 1.82) is 0 Å². The van der Waals surface area contributed by atoms with Gasteiger partial charge in [-0.25, -0.2) is 0 Å². The molecule has 1 aromatic rings. The molecule has 74 valence electrons. The highest BCUT2D eigenvalue weighted by Crippen LogP contribution is 2.27. The Labute approximate surface area is 85.2 Å². The van der Waals surface area contributed by atoms with Gasteiger partial charge in [-0.15, -0.1) is 0 Å². The first-order valence-corrected chi connectivity index (χ1v) is 4.95. The molecule has 1 aliphatic heterocycles. The molecular formula is C12H17N2+. The summed E-state index contributed by atoms with van der Waals surface area (Å²) in [7, 11) is 4.41. The van der Waals surface area contributed by atoms with Gasteiger partial charge in [-0.2, -0.15) is 0 Å². The van der Waals surface area contributed by atoms with Crippen LogP contribution in [0.15, 0.2) is 30.0 Å². The Kier molecular flexibility index (Phi) is 2.17. The molecule has 0 bridgehead atoms. The molecule has 0 spiro atoms. The second kappa shape index (κ2) is 3.23. The molecule has 1 aromatic carbocycles. The number of nitrogens with two attached hydrogens (primary N) is 1. The standard InChI is InChI=1S/C12H17N2/c1-14(2)9-11-6-4-3-5-10(11)7-12(14)8-13/h3-7H,8-9,13H2,1-2H3/q+1. The third-order valence-corrected chi connectivity index (χ3v) is 2.93. The zero-order chi connectivity index (χ0) is 10.2. The summed E-state index contributed by atoms with van der Waals surface area (Å²) in [6.45, 7) is 1.68. The fourth-order valence-electron chi connectivity index (χ4n) is 2.01. The number of rotatable bonds is 1. The second-order valence-electron chi connectivity index (χ2n) is 4.38. The van der Waals surface area contributed by atoms with Gasteiger partial charge in [-0.05, 0) is 5.56 Å². The summed E-state index contributed by atoms with van der Waals surface area (Å²) in [6.07, 6.45) is 2.22. The van der Waals surface area contributed by atoms with Gasteiger partial charge in [0, 0.05) is 11.6 Å². The van der Waals surface area contributed by atoms with Crippen molar-refractivity contribution in [3.8, 4) is 0 Å². The van der Waals surface area contributed by atoms with Gasteiger partial charge in [-0.3, -0.25) is 4.48 Å². The molecule has 1 heterocycles. The van der Waals surface area contributed by atoms with Gasteiger partial charge in [-0.1, -0.05) is 24.3 Å². The Balaban J connectivity index is 2.50. The molecule has 2 nitrogen and oxygen atoms in total. The van der Waals surface area contributed by atoms with Crippen molar-refractivity contribution in [3.05, 3.63) is 41.1 Å². The van der Waals surface area contributed by atoms with Crippen molar-refractivity contribution in [2.24, 2.45) is 5.73 Å². The van der Waals surface area contributed by atoms with E-state index in [1.165, 1.54) is 16.8 Å². The van der Waals surface area contributed by atoms with Crippen LogP contribution in [0.2, 0.25) is 0 Å². The van der Waals surface area contributed by atoms with Crippen molar-refractivity contribution < 1.29 is 4.48 Å². The molecule has 0 unspecified atom stereocenters. The first kappa shape index (κ1) is 9.44. The molecule has 1 aliphatic rings. The predicted molar refractivity (Wildman–Crippen MR) is 59.3 cm³/mol. The molecule has 2 N–H and O–H groups in total. The first-order valence-electron chi connectivity index (χ1n) is 4.95. The van der Waals surface area contributed by atoms with Crippen LogP contribution in [0.1, 0.15) is 11.1 Å². The zero-order valence-electron chi connectivity index (χ0n) is 8.83. The molecule has 0 amide bonds. The average Bonchev–Trinajstić information content (AvgIpc) is 2.15. The van der Waals surface area contributed by atoms with E-state index in [9.17, 15) is 0 Å². The number of hydrogen-bond acceptors (Lipinski definition) is 1. The Morgan fingerprint density at radius 2 is 2.00 bits per heavy atom. The van der Waals surface area contributed by atoms with E-state index in [4.69, 9.17) is 5.73 Å². The van der Waals surface area contributed by atoms with Crippen LogP contribution < -0.4 is 5.73 Å². The fraction of sp³-hybridized carbons (Fsp3) is 0.333. The third-order valence-electron chi connectivity index (χ3n) is 2.93. The minimum absolute atomic E-state index is 0.640. The molecule has 0 saturated carbocycles. The topological polar surface area (TPSA) is 26.0 Å². The van der Waals surface area contributed by atoms with Crippen LogP contribution in [0.3, 0.4) is 0 Å². The van der Waals surface area contributed by atoms with E-state index in [1.54, 1.807) is 0 Å². The normalized spacial score (nSPS) is 18.6.